The molecule has 38 heavy (non-hydrogen) atoms. The van der Waals surface area contributed by atoms with Gasteiger partial charge >= 0.3 is 5.97 Å². The van der Waals surface area contributed by atoms with Crippen LogP contribution >= 0.6 is 0 Å². The average Bonchev–Trinajstić information content (AvgIpc) is 2.91. The van der Waals surface area contributed by atoms with Gasteiger partial charge in [-0.3, -0.25) is 19.7 Å². The molecule has 204 valence electrons. The third-order valence-electron chi connectivity index (χ3n) is 6.43. The monoisotopic (exact) mass is 524 g/mol. The fourth-order valence-corrected chi connectivity index (χ4v) is 4.40. The summed E-state index contributed by atoms with van der Waals surface area (Å²) in [5.41, 5.74) is 3.10. The first-order chi connectivity index (χ1) is 18.4. The number of aryl methyl sites for hydroxylation is 1. The van der Waals surface area contributed by atoms with Crippen LogP contribution in [-0.2, 0) is 25.7 Å². The van der Waals surface area contributed by atoms with Gasteiger partial charge in [0.05, 0.1) is 18.1 Å². The predicted molar refractivity (Wildman–Crippen MR) is 144 cm³/mol. The second-order valence-corrected chi connectivity index (χ2v) is 9.40. The molecule has 0 atom stereocenters. The van der Waals surface area contributed by atoms with Crippen LogP contribution in [0.4, 0.5) is 5.69 Å². The van der Waals surface area contributed by atoms with Crippen LogP contribution in [0.3, 0.4) is 0 Å². The highest BCUT2D eigenvalue weighted by atomic mass is 16.6. The number of ether oxygens (including phenoxy) is 1. The van der Waals surface area contributed by atoms with Gasteiger partial charge in [-0.2, -0.15) is 0 Å². The molecule has 0 aromatic heterocycles. The lowest BCUT2D eigenvalue weighted by Gasteiger charge is -2.21. The van der Waals surface area contributed by atoms with Crippen molar-refractivity contribution in [2.75, 3.05) is 26.3 Å². The Morgan fingerprint density at radius 2 is 1.79 bits per heavy atom. The molecule has 0 radical (unpaired) electrons. The topological polar surface area (TPSA) is 132 Å². The van der Waals surface area contributed by atoms with E-state index in [4.69, 9.17) is 9.57 Å². The Balaban J connectivity index is 1.76. The largest absolute Gasteiger partial charge is 0.465 e. The minimum absolute atomic E-state index is 0.0762. The lowest BCUT2D eigenvalue weighted by atomic mass is 9.89. The van der Waals surface area contributed by atoms with Crippen molar-refractivity contribution < 1.29 is 24.1 Å². The maximum atomic E-state index is 12.4. The van der Waals surface area contributed by atoms with Gasteiger partial charge in [0.25, 0.3) is 11.6 Å². The summed E-state index contributed by atoms with van der Waals surface area (Å²) in [7, 11) is 0. The van der Waals surface area contributed by atoms with E-state index in [1.54, 1.807) is 19.1 Å². The summed E-state index contributed by atoms with van der Waals surface area (Å²) in [6.45, 7) is 4.34. The zero-order valence-electron chi connectivity index (χ0n) is 22.0. The lowest BCUT2D eigenvalue weighted by molar-refractivity contribution is -0.385. The zero-order chi connectivity index (χ0) is 27.3. The van der Waals surface area contributed by atoms with Gasteiger partial charge < -0.3 is 20.2 Å². The average molecular weight is 525 g/mol. The van der Waals surface area contributed by atoms with E-state index in [9.17, 15) is 19.7 Å². The number of nitro benzene ring substituents is 1. The summed E-state index contributed by atoms with van der Waals surface area (Å²) >= 11 is 0. The molecule has 2 aromatic carbocycles. The highest BCUT2D eigenvalue weighted by Crippen LogP contribution is 2.24. The number of nitro groups is 1. The smallest absolute Gasteiger partial charge is 0.319 e. The molecule has 0 spiro atoms. The summed E-state index contributed by atoms with van der Waals surface area (Å²) < 4.78 is 4.90. The van der Waals surface area contributed by atoms with E-state index in [2.05, 4.69) is 15.8 Å². The van der Waals surface area contributed by atoms with E-state index in [1.165, 1.54) is 25.3 Å². The van der Waals surface area contributed by atoms with Crippen molar-refractivity contribution in [3.8, 4) is 0 Å². The number of hydrogen-bond acceptors (Lipinski definition) is 8. The van der Waals surface area contributed by atoms with Crippen molar-refractivity contribution in [1.82, 2.24) is 10.6 Å². The lowest BCUT2D eigenvalue weighted by Crippen LogP contribution is -2.32. The third-order valence-corrected chi connectivity index (χ3v) is 6.43. The Morgan fingerprint density at radius 1 is 1.08 bits per heavy atom. The van der Waals surface area contributed by atoms with Gasteiger partial charge in [-0.1, -0.05) is 54.2 Å². The van der Waals surface area contributed by atoms with Crippen LogP contribution in [0, 0.1) is 23.0 Å². The quantitative estimate of drug-likeness (QED) is 0.175. The summed E-state index contributed by atoms with van der Waals surface area (Å²) in [5.74, 6) is -0.172. The summed E-state index contributed by atoms with van der Waals surface area (Å²) in [6.07, 6.45) is 5.94. The van der Waals surface area contributed by atoms with E-state index in [0.717, 1.165) is 24.0 Å². The van der Waals surface area contributed by atoms with Crippen molar-refractivity contribution in [2.24, 2.45) is 11.1 Å². The number of oxime groups is 1. The van der Waals surface area contributed by atoms with Crippen molar-refractivity contribution in [3.05, 3.63) is 74.8 Å². The number of nitrogens with one attached hydrogen (secondary N) is 2. The van der Waals surface area contributed by atoms with Crippen molar-refractivity contribution >= 4 is 23.3 Å². The van der Waals surface area contributed by atoms with Crippen LogP contribution in [-0.4, -0.2) is 48.8 Å². The SMILES string of the molecule is CCOC(=O)CNCc1cc(C(=NOCC(=O)NCC2CCCCC2)c2ccc(C)cc2)ccc1[N+](=O)[O-]. The Kier molecular flexibility index (Phi) is 11.2. The molecule has 0 unspecified atom stereocenters. The second kappa shape index (κ2) is 14.8. The number of rotatable bonds is 13. The number of esters is 1. The molecule has 3 rings (SSSR count). The number of benzene rings is 2. The molecule has 1 saturated carbocycles. The molecule has 0 bridgehead atoms. The molecule has 2 aromatic rings. The molecule has 10 nitrogen and oxygen atoms in total. The van der Waals surface area contributed by atoms with Crippen LogP contribution < -0.4 is 10.6 Å². The highest BCUT2D eigenvalue weighted by Gasteiger charge is 2.18. The zero-order valence-corrected chi connectivity index (χ0v) is 22.0. The molecule has 2 N–H and O–H groups in total. The van der Waals surface area contributed by atoms with Gasteiger partial charge in [0.2, 0.25) is 0 Å². The van der Waals surface area contributed by atoms with Crippen LogP contribution in [0.25, 0.3) is 0 Å². The van der Waals surface area contributed by atoms with Gasteiger partial charge in [0.15, 0.2) is 6.61 Å². The second-order valence-electron chi connectivity index (χ2n) is 9.40. The first kappa shape index (κ1) is 28.8. The maximum Gasteiger partial charge on any atom is 0.319 e. The van der Waals surface area contributed by atoms with E-state index in [-0.39, 0.29) is 37.9 Å². The first-order valence-corrected chi connectivity index (χ1v) is 13.0. The van der Waals surface area contributed by atoms with Gasteiger partial charge in [0, 0.05) is 35.8 Å². The molecule has 0 heterocycles. The fraction of sp³-hybridized carbons (Fsp3) is 0.464. The number of amides is 1. The molecule has 1 aliphatic carbocycles. The minimum atomic E-state index is -0.471. The van der Waals surface area contributed by atoms with Crippen molar-refractivity contribution in [1.29, 1.82) is 0 Å². The highest BCUT2D eigenvalue weighted by molar-refractivity contribution is 6.12. The fourth-order valence-electron chi connectivity index (χ4n) is 4.40. The van der Waals surface area contributed by atoms with Crippen LogP contribution in [0.15, 0.2) is 47.6 Å². The normalized spacial score (nSPS) is 14.1. The Morgan fingerprint density at radius 3 is 2.47 bits per heavy atom. The Hall–Kier alpha value is -3.79. The first-order valence-electron chi connectivity index (χ1n) is 13.0. The van der Waals surface area contributed by atoms with Crippen LogP contribution in [0.5, 0.6) is 0 Å². The summed E-state index contributed by atoms with van der Waals surface area (Å²) in [5, 5.41) is 21.7. The summed E-state index contributed by atoms with van der Waals surface area (Å²) in [6, 6.07) is 12.2. The van der Waals surface area contributed by atoms with Crippen LogP contribution in [0.2, 0.25) is 0 Å². The van der Waals surface area contributed by atoms with Crippen molar-refractivity contribution in [2.45, 2.75) is 52.5 Å². The van der Waals surface area contributed by atoms with Gasteiger partial charge in [-0.25, -0.2) is 0 Å². The molecule has 1 amide bonds. The van der Waals surface area contributed by atoms with Gasteiger partial charge in [-0.15, -0.1) is 0 Å². The molecule has 1 aliphatic rings. The van der Waals surface area contributed by atoms with E-state index in [1.807, 2.05) is 31.2 Å². The minimum Gasteiger partial charge on any atom is -0.465 e. The molecular weight excluding hydrogens is 488 g/mol. The molecule has 10 heteroatoms. The van der Waals surface area contributed by atoms with E-state index < -0.39 is 10.9 Å². The number of hydrogen-bond donors (Lipinski definition) is 2. The molecule has 0 saturated heterocycles. The predicted octanol–water partition coefficient (Wildman–Crippen LogP) is 4.02. The van der Waals surface area contributed by atoms with E-state index >= 15 is 0 Å². The molecule has 0 aliphatic heterocycles. The Bertz CT molecular complexity index is 1130. The standard InChI is InChI=1S/C28H36N4O6/c1-3-37-27(34)18-29-17-24-15-23(13-14-25(24)32(35)36)28(22-11-9-20(2)10-12-22)31-38-19-26(33)30-16-21-7-5-4-6-8-21/h9-15,21,29H,3-8,16-19H2,1-2H3,(H,30,33). The van der Waals surface area contributed by atoms with Crippen molar-refractivity contribution in [3.63, 3.8) is 0 Å². The summed E-state index contributed by atoms with van der Waals surface area (Å²) in [4.78, 5) is 40.6. The molecule has 1 fully saturated rings. The number of carbonyl (C=O) groups excluding carboxylic acids is 2. The molecular formula is C28H36N4O6. The van der Waals surface area contributed by atoms with Gasteiger partial charge in [0.1, 0.15) is 5.71 Å². The number of carbonyl (C=O) groups is 2. The van der Waals surface area contributed by atoms with E-state index in [0.29, 0.717) is 29.3 Å². The number of nitrogens with zero attached hydrogens (tertiary/aromatic N) is 2. The maximum absolute atomic E-state index is 12.4. The van der Waals surface area contributed by atoms with Gasteiger partial charge in [-0.05, 0) is 44.7 Å². The Labute approximate surface area is 222 Å². The van der Waals surface area contributed by atoms with Crippen LogP contribution in [0.1, 0.15) is 61.3 Å². The third kappa shape index (κ3) is 8.95.